The molecule has 1 N–H and O–H groups in total. The Balaban J connectivity index is 1.86. The zero-order chi connectivity index (χ0) is 12.4. The topological polar surface area (TPSA) is 57.1 Å². The SMILES string of the molecule is O=c1n(C[NH+]2CCCC2)nnn1-c1ccccc1. The van der Waals surface area contributed by atoms with Gasteiger partial charge in [0.2, 0.25) is 0 Å². The molecule has 1 aliphatic heterocycles. The maximum atomic E-state index is 12.1. The summed E-state index contributed by atoms with van der Waals surface area (Å²) in [5.74, 6) is 0. The van der Waals surface area contributed by atoms with Gasteiger partial charge in [0.1, 0.15) is 0 Å². The van der Waals surface area contributed by atoms with Crippen molar-refractivity contribution in [3.63, 3.8) is 0 Å². The van der Waals surface area contributed by atoms with Gasteiger partial charge in [-0.3, -0.25) is 0 Å². The van der Waals surface area contributed by atoms with E-state index in [1.807, 2.05) is 30.3 Å². The summed E-state index contributed by atoms with van der Waals surface area (Å²) in [4.78, 5) is 13.5. The summed E-state index contributed by atoms with van der Waals surface area (Å²) in [5, 5.41) is 7.88. The second-order valence-corrected chi connectivity index (χ2v) is 4.62. The van der Waals surface area contributed by atoms with Gasteiger partial charge < -0.3 is 4.90 Å². The number of nitrogens with zero attached hydrogens (tertiary/aromatic N) is 4. The number of para-hydroxylation sites is 1. The van der Waals surface area contributed by atoms with Crippen LogP contribution in [0.1, 0.15) is 12.8 Å². The van der Waals surface area contributed by atoms with Gasteiger partial charge in [-0.1, -0.05) is 18.2 Å². The number of quaternary nitrogens is 1. The van der Waals surface area contributed by atoms with Gasteiger partial charge in [-0.15, -0.1) is 4.68 Å². The minimum Gasteiger partial charge on any atom is -0.316 e. The molecule has 0 saturated carbocycles. The van der Waals surface area contributed by atoms with Crippen LogP contribution in [-0.2, 0) is 6.67 Å². The number of tetrazole rings is 1. The number of nitrogens with one attached hydrogen (secondary N) is 1. The standard InChI is InChI=1S/C12H15N5O/c18-12-16(10-15-8-4-5-9-15)13-14-17(12)11-6-2-1-3-7-11/h1-3,6-7H,4-5,8-10H2/p+1. The molecule has 2 aromatic rings. The van der Waals surface area contributed by atoms with Crippen molar-refractivity contribution in [3.05, 3.63) is 40.8 Å². The lowest BCUT2D eigenvalue weighted by atomic mass is 10.3. The van der Waals surface area contributed by atoms with Crippen LogP contribution in [0.4, 0.5) is 0 Å². The fraction of sp³-hybridized carbons (Fsp3) is 0.417. The average Bonchev–Trinajstić information content (AvgIpc) is 3.03. The molecule has 0 atom stereocenters. The Morgan fingerprint density at radius 1 is 1.11 bits per heavy atom. The molecule has 0 spiro atoms. The van der Waals surface area contributed by atoms with Crippen molar-refractivity contribution in [2.45, 2.75) is 19.5 Å². The molecule has 0 radical (unpaired) electrons. The Hall–Kier alpha value is -1.95. The minimum atomic E-state index is -0.166. The average molecular weight is 246 g/mol. The number of rotatable bonds is 3. The Labute approximate surface area is 104 Å². The van der Waals surface area contributed by atoms with E-state index in [1.54, 1.807) is 0 Å². The Bertz CT molecular complexity index is 568. The molecule has 0 amide bonds. The molecule has 1 aromatic carbocycles. The summed E-state index contributed by atoms with van der Waals surface area (Å²) in [6, 6.07) is 9.37. The highest BCUT2D eigenvalue weighted by atomic mass is 16.2. The number of hydrogen-bond acceptors (Lipinski definition) is 3. The summed E-state index contributed by atoms with van der Waals surface area (Å²) in [6.45, 7) is 2.85. The molecule has 1 aliphatic rings. The van der Waals surface area contributed by atoms with E-state index in [-0.39, 0.29) is 5.69 Å². The van der Waals surface area contributed by atoms with E-state index in [4.69, 9.17) is 0 Å². The largest absolute Gasteiger partial charge is 0.373 e. The first-order valence-corrected chi connectivity index (χ1v) is 6.26. The normalized spacial score (nSPS) is 16.2. The lowest BCUT2D eigenvalue weighted by molar-refractivity contribution is -0.911. The zero-order valence-corrected chi connectivity index (χ0v) is 10.1. The van der Waals surface area contributed by atoms with Crippen molar-refractivity contribution in [2.24, 2.45) is 0 Å². The molecule has 0 aliphatic carbocycles. The van der Waals surface area contributed by atoms with Crippen molar-refractivity contribution in [3.8, 4) is 5.69 Å². The number of likely N-dealkylation sites (tertiary alicyclic amines) is 1. The van der Waals surface area contributed by atoms with Crippen LogP contribution in [0.2, 0.25) is 0 Å². The van der Waals surface area contributed by atoms with Crippen LogP contribution < -0.4 is 10.6 Å². The molecule has 6 heteroatoms. The molecule has 0 unspecified atom stereocenters. The number of hydrogen-bond donors (Lipinski definition) is 1. The Morgan fingerprint density at radius 2 is 1.83 bits per heavy atom. The van der Waals surface area contributed by atoms with Crippen molar-refractivity contribution in [1.29, 1.82) is 0 Å². The smallest absolute Gasteiger partial charge is 0.316 e. The van der Waals surface area contributed by atoms with Gasteiger partial charge in [0.05, 0.1) is 18.8 Å². The summed E-state index contributed by atoms with van der Waals surface area (Å²) in [6.07, 6.45) is 2.47. The van der Waals surface area contributed by atoms with E-state index < -0.39 is 0 Å². The van der Waals surface area contributed by atoms with E-state index in [0.29, 0.717) is 6.67 Å². The molecule has 1 fully saturated rings. The van der Waals surface area contributed by atoms with Gasteiger partial charge in [-0.25, -0.2) is 4.79 Å². The fourth-order valence-corrected chi connectivity index (χ4v) is 2.35. The summed E-state index contributed by atoms with van der Waals surface area (Å²) in [7, 11) is 0. The van der Waals surface area contributed by atoms with Crippen molar-refractivity contribution >= 4 is 0 Å². The van der Waals surface area contributed by atoms with Crippen LogP contribution in [-0.4, -0.2) is 32.9 Å². The molecule has 3 rings (SSSR count). The van der Waals surface area contributed by atoms with Crippen LogP contribution in [0.5, 0.6) is 0 Å². The molecule has 2 heterocycles. The first kappa shape index (κ1) is 11.2. The molecule has 1 saturated heterocycles. The lowest BCUT2D eigenvalue weighted by Gasteiger charge is -2.09. The molecule has 94 valence electrons. The van der Waals surface area contributed by atoms with Crippen molar-refractivity contribution < 1.29 is 4.90 Å². The van der Waals surface area contributed by atoms with Gasteiger partial charge in [0.25, 0.3) is 0 Å². The highest BCUT2D eigenvalue weighted by Crippen LogP contribution is 2.00. The van der Waals surface area contributed by atoms with E-state index >= 15 is 0 Å². The predicted octanol–water partition coefficient (Wildman–Crippen LogP) is -0.935. The highest BCUT2D eigenvalue weighted by molar-refractivity contribution is 5.28. The summed E-state index contributed by atoms with van der Waals surface area (Å²) >= 11 is 0. The van der Waals surface area contributed by atoms with Gasteiger partial charge in [-0.2, -0.15) is 4.68 Å². The lowest BCUT2D eigenvalue weighted by Crippen LogP contribution is -3.09. The fourth-order valence-electron chi connectivity index (χ4n) is 2.35. The highest BCUT2D eigenvalue weighted by Gasteiger charge is 2.18. The second-order valence-electron chi connectivity index (χ2n) is 4.62. The summed E-state index contributed by atoms with van der Waals surface area (Å²) in [5.41, 5.74) is 0.589. The van der Waals surface area contributed by atoms with Crippen molar-refractivity contribution in [2.75, 3.05) is 13.1 Å². The van der Waals surface area contributed by atoms with Gasteiger partial charge in [-0.05, 0) is 22.6 Å². The monoisotopic (exact) mass is 246 g/mol. The molecular formula is C12H16N5O+. The van der Waals surface area contributed by atoms with Crippen LogP contribution in [0.3, 0.4) is 0 Å². The maximum Gasteiger partial charge on any atom is 0.373 e. The maximum absolute atomic E-state index is 12.1. The van der Waals surface area contributed by atoms with Crippen LogP contribution >= 0.6 is 0 Å². The predicted molar refractivity (Wildman–Crippen MR) is 65.5 cm³/mol. The van der Waals surface area contributed by atoms with Gasteiger partial charge in [0, 0.05) is 12.8 Å². The van der Waals surface area contributed by atoms with Crippen molar-refractivity contribution in [1.82, 2.24) is 19.8 Å². The quantitative estimate of drug-likeness (QED) is 0.761. The third-order valence-electron chi connectivity index (χ3n) is 3.32. The van der Waals surface area contributed by atoms with Gasteiger partial charge in [0.15, 0.2) is 6.67 Å². The Kier molecular flexibility index (Phi) is 2.93. The van der Waals surface area contributed by atoms with Crippen LogP contribution in [0.15, 0.2) is 35.1 Å². The van der Waals surface area contributed by atoms with E-state index in [2.05, 4.69) is 10.4 Å². The van der Waals surface area contributed by atoms with E-state index in [0.717, 1.165) is 18.8 Å². The molecular weight excluding hydrogens is 230 g/mol. The molecule has 18 heavy (non-hydrogen) atoms. The Morgan fingerprint density at radius 3 is 2.56 bits per heavy atom. The number of aromatic nitrogens is 4. The first-order chi connectivity index (χ1) is 8.84. The molecule has 1 aromatic heterocycles. The first-order valence-electron chi connectivity index (χ1n) is 6.26. The van der Waals surface area contributed by atoms with Crippen LogP contribution in [0.25, 0.3) is 5.69 Å². The third-order valence-corrected chi connectivity index (χ3v) is 3.32. The minimum absolute atomic E-state index is 0.166. The zero-order valence-electron chi connectivity index (χ0n) is 10.1. The van der Waals surface area contributed by atoms with E-state index in [1.165, 1.54) is 27.1 Å². The van der Waals surface area contributed by atoms with Gasteiger partial charge >= 0.3 is 5.69 Å². The molecule has 6 nitrogen and oxygen atoms in total. The summed E-state index contributed by atoms with van der Waals surface area (Å²) < 4.78 is 2.79. The molecule has 0 bridgehead atoms. The van der Waals surface area contributed by atoms with E-state index in [9.17, 15) is 4.79 Å². The number of benzene rings is 1. The second kappa shape index (κ2) is 4.73. The van der Waals surface area contributed by atoms with Crippen LogP contribution in [0, 0.1) is 0 Å². The third kappa shape index (κ3) is 2.06.